The molecule has 0 unspecified atom stereocenters. The van der Waals surface area contributed by atoms with E-state index in [0.717, 1.165) is 93.6 Å². The van der Waals surface area contributed by atoms with Crippen molar-refractivity contribution in [3.05, 3.63) is 152 Å². The molecule has 238 valence electrons. The van der Waals surface area contributed by atoms with Gasteiger partial charge >= 0.3 is 0 Å². The Bertz CT molecular complexity index is 3150. The van der Waals surface area contributed by atoms with Gasteiger partial charge in [-0.2, -0.15) is 0 Å². The molecule has 6 nitrogen and oxygen atoms in total. The monoisotopic (exact) mass is 655 g/mol. The Morgan fingerprint density at radius 3 is 1.55 bits per heavy atom. The van der Waals surface area contributed by atoms with Gasteiger partial charge in [-0.1, -0.05) is 103 Å². The molecule has 0 radical (unpaired) electrons. The molecule has 0 aliphatic rings. The number of nitrogens with zero attached hydrogens (tertiary/aromatic N) is 3. The van der Waals surface area contributed by atoms with Gasteiger partial charge in [0.15, 0.2) is 17.5 Å². The summed E-state index contributed by atoms with van der Waals surface area (Å²) in [6.07, 6.45) is 0. The maximum atomic E-state index is 6.56. The van der Waals surface area contributed by atoms with Crippen molar-refractivity contribution >= 4 is 65.8 Å². The Labute approximate surface area is 290 Å². The van der Waals surface area contributed by atoms with E-state index >= 15 is 0 Å². The summed E-state index contributed by atoms with van der Waals surface area (Å²) in [5, 5.41) is 6.31. The number of fused-ring (bicyclic) bond motifs is 9. The van der Waals surface area contributed by atoms with Crippen molar-refractivity contribution < 1.29 is 13.3 Å². The summed E-state index contributed by atoms with van der Waals surface area (Å²) in [7, 11) is 0. The minimum atomic E-state index is 0.538. The van der Waals surface area contributed by atoms with E-state index in [1.807, 2.05) is 109 Å². The second-order valence-electron chi connectivity index (χ2n) is 12.8. The molecule has 7 aromatic carbocycles. The Balaban J connectivity index is 1.19. The van der Waals surface area contributed by atoms with Gasteiger partial charge < -0.3 is 13.3 Å². The van der Waals surface area contributed by atoms with Crippen LogP contribution in [0.15, 0.2) is 165 Å². The van der Waals surface area contributed by atoms with Crippen molar-refractivity contribution in [1.82, 2.24) is 15.0 Å². The van der Waals surface area contributed by atoms with Gasteiger partial charge in [-0.25, -0.2) is 15.0 Å². The summed E-state index contributed by atoms with van der Waals surface area (Å²) in [5.41, 5.74) is 9.47. The normalized spacial score (nSPS) is 11.9. The third-order valence-electron chi connectivity index (χ3n) is 9.73. The van der Waals surface area contributed by atoms with Crippen LogP contribution in [0.2, 0.25) is 0 Å². The van der Waals surface area contributed by atoms with Gasteiger partial charge in [-0.3, -0.25) is 0 Å². The van der Waals surface area contributed by atoms with Crippen LogP contribution in [0.4, 0.5) is 0 Å². The lowest BCUT2D eigenvalue weighted by Crippen LogP contribution is -2.00. The lowest BCUT2D eigenvalue weighted by atomic mass is 9.93. The van der Waals surface area contributed by atoms with Gasteiger partial charge in [0.2, 0.25) is 0 Å². The minimum absolute atomic E-state index is 0.538. The summed E-state index contributed by atoms with van der Waals surface area (Å²) in [6, 6.07) is 51.0. The quantitative estimate of drug-likeness (QED) is 0.188. The fourth-order valence-electron chi connectivity index (χ4n) is 7.41. The first-order valence-electron chi connectivity index (χ1n) is 16.8. The van der Waals surface area contributed by atoms with E-state index < -0.39 is 0 Å². The van der Waals surface area contributed by atoms with Crippen LogP contribution < -0.4 is 0 Å². The molecule has 11 rings (SSSR count). The number of benzene rings is 7. The van der Waals surface area contributed by atoms with E-state index in [1.54, 1.807) is 0 Å². The van der Waals surface area contributed by atoms with Gasteiger partial charge in [-0.05, 0) is 59.7 Å². The first kappa shape index (κ1) is 27.9. The zero-order chi connectivity index (χ0) is 33.5. The average Bonchev–Trinajstić information content (AvgIpc) is 3.88. The van der Waals surface area contributed by atoms with Crippen LogP contribution in [-0.4, -0.2) is 15.0 Å². The molecule has 0 atom stereocenters. The SMILES string of the molecule is c1ccc(-c2nc(-c3ccc4c(c3)oc3ccccc34)nc(-c3cc(-c4cccc5oc6ccccc6c45)c4c(c3)oc3ccccc34)n2)cc1. The van der Waals surface area contributed by atoms with Crippen molar-refractivity contribution in [3.63, 3.8) is 0 Å². The highest BCUT2D eigenvalue weighted by Crippen LogP contribution is 2.44. The van der Waals surface area contributed by atoms with E-state index in [-0.39, 0.29) is 0 Å². The molecule has 0 N–H and O–H groups in total. The predicted octanol–water partition coefficient (Wildman–Crippen LogP) is 12.2. The summed E-state index contributed by atoms with van der Waals surface area (Å²) < 4.78 is 19.1. The number of furan rings is 3. The molecule has 0 saturated heterocycles. The first-order valence-corrected chi connectivity index (χ1v) is 16.8. The number of rotatable bonds is 4. The van der Waals surface area contributed by atoms with Gasteiger partial charge in [-0.15, -0.1) is 0 Å². The van der Waals surface area contributed by atoms with Gasteiger partial charge in [0.1, 0.15) is 33.5 Å². The van der Waals surface area contributed by atoms with Crippen LogP contribution >= 0.6 is 0 Å². The minimum Gasteiger partial charge on any atom is -0.456 e. The Morgan fingerprint density at radius 1 is 0.294 bits per heavy atom. The second kappa shape index (κ2) is 10.7. The largest absolute Gasteiger partial charge is 0.456 e. The first-order chi connectivity index (χ1) is 25.2. The van der Waals surface area contributed by atoms with Crippen LogP contribution in [0, 0.1) is 0 Å². The molecule has 0 saturated carbocycles. The van der Waals surface area contributed by atoms with Crippen LogP contribution in [0.1, 0.15) is 0 Å². The molecule has 11 aromatic rings. The molecule has 0 aliphatic carbocycles. The highest BCUT2D eigenvalue weighted by molar-refractivity contribution is 6.20. The zero-order valence-corrected chi connectivity index (χ0v) is 27.0. The maximum Gasteiger partial charge on any atom is 0.164 e. The molecule has 51 heavy (non-hydrogen) atoms. The summed E-state index contributed by atoms with van der Waals surface area (Å²) in [5.74, 6) is 1.67. The van der Waals surface area contributed by atoms with Crippen LogP contribution in [0.3, 0.4) is 0 Å². The Hall–Kier alpha value is -7.05. The Kier molecular flexibility index (Phi) is 5.86. The van der Waals surface area contributed by atoms with Gasteiger partial charge in [0.25, 0.3) is 0 Å². The molecule has 4 aromatic heterocycles. The summed E-state index contributed by atoms with van der Waals surface area (Å²) in [6.45, 7) is 0. The molecule has 0 spiro atoms. The summed E-state index contributed by atoms with van der Waals surface area (Å²) in [4.78, 5) is 15.2. The third-order valence-corrected chi connectivity index (χ3v) is 9.73. The van der Waals surface area contributed by atoms with E-state index in [0.29, 0.717) is 17.5 Å². The van der Waals surface area contributed by atoms with E-state index in [1.165, 1.54) is 0 Å². The molecule has 0 aliphatic heterocycles. The van der Waals surface area contributed by atoms with Crippen molar-refractivity contribution in [2.45, 2.75) is 0 Å². The smallest absolute Gasteiger partial charge is 0.164 e. The number of aromatic nitrogens is 3. The fraction of sp³-hybridized carbons (Fsp3) is 0. The topological polar surface area (TPSA) is 78.1 Å². The van der Waals surface area contributed by atoms with Gasteiger partial charge in [0.05, 0.1) is 0 Å². The molecule has 6 heteroatoms. The molecule has 0 amide bonds. The van der Waals surface area contributed by atoms with E-state index in [4.69, 9.17) is 28.2 Å². The van der Waals surface area contributed by atoms with Crippen molar-refractivity contribution in [2.24, 2.45) is 0 Å². The van der Waals surface area contributed by atoms with Crippen molar-refractivity contribution in [1.29, 1.82) is 0 Å². The third kappa shape index (κ3) is 4.33. The maximum absolute atomic E-state index is 6.56. The van der Waals surface area contributed by atoms with Gasteiger partial charge in [0, 0.05) is 49.0 Å². The second-order valence-corrected chi connectivity index (χ2v) is 12.8. The van der Waals surface area contributed by atoms with Crippen LogP contribution in [-0.2, 0) is 0 Å². The number of para-hydroxylation sites is 3. The lowest BCUT2D eigenvalue weighted by molar-refractivity contribution is 0.668. The highest BCUT2D eigenvalue weighted by Gasteiger charge is 2.21. The molecule has 0 fully saturated rings. The van der Waals surface area contributed by atoms with E-state index in [9.17, 15) is 0 Å². The molecular weight excluding hydrogens is 631 g/mol. The molecular formula is C45H25N3O3. The molecule has 0 bridgehead atoms. The van der Waals surface area contributed by atoms with Crippen LogP contribution in [0.25, 0.3) is 111 Å². The zero-order valence-electron chi connectivity index (χ0n) is 27.0. The Morgan fingerprint density at radius 2 is 0.804 bits per heavy atom. The number of hydrogen-bond acceptors (Lipinski definition) is 6. The average molecular weight is 656 g/mol. The standard InChI is InChI=1S/C45H25N3O3/c1-2-11-26(12-3-1)43-46-44(27-21-22-30-29-13-4-7-17-35(29)50-39(30)24-27)48-45(47-43)28-23-34(42-33-15-6-9-19-37(33)51-40(42)25-28)31-16-10-20-38-41(31)32-14-5-8-18-36(32)49-38/h1-25H. The lowest BCUT2D eigenvalue weighted by Gasteiger charge is -2.11. The number of hydrogen-bond donors (Lipinski definition) is 0. The van der Waals surface area contributed by atoms with Crippen molar-refractivity contribution in [2.75, 3.05) is 0 Å². The van der Waals surface area contributed by atoms with Crippen LogP contribution in [0.5, 0.6) is 0 Å². The molecule has 4 heterocycles. The fourth-order valence-corrected chi connectivity index (χ4v) is 7.41. The van der Waals surface area contributed by atoms with Crippen molar-refractivity contribution in [3.8, 4) is 45.3 Å². The van der Waals surface area contributed by atoms with E-state index in [2.05, 4.69) is 42.5 Å². The predicted molar refractivity (Wildman–Crippen MR) is 203 cm³/mol. The highest BCUT2D eigenvalue weighted by atomic mass is 16.3. The summed E-state index contributed by atoms with van der Waals surface area (Å²) >= 11 is 0.